The summed E-state index contributed by atoms with van der Waals surface area (Å²) < 4.78 is 8.23. The highest BCUT2D eigenvalue weighted by molar-refractivity contribution is 5.77. The van der Waals surface area contributed by atoms with Crippen LogP contribution in [0, 0.1) is 13.8 Å². The molecule has 1 N–H and O–H groups in total. The van der Waals surface area contributed by atoms with Gasteiger partial charge in [-0.15, -0.1) is 0 Å². The Labute approximate surface area is 195 Å². The highest BCUT2D eigenvalue weighted by Gasteiger charge is 2.12. The van der Waals surface area contributed by atoms with Crippen molar-refractivity contribution in [1.82, 2.24) is 14.9 Å². The van der Waals surface area contributed by atoms with Crippen molar-refractivity contribution in [2.45, 2.75) is 46.2 Å². The van der Waals surface area contributed by atoms with Gasteiger partial charge in [-0.2, -0.15) is 0 Å². The second-order valence-electron chi connectivity index (χ2n) is 8.33. The molecule has 4 rings (SSSR count). The van der Waals surface area contributed by atoms with E-state index in [0.717, 1.165) is 42.0 Å². The number of hydrogen-bond acceptors (Lipinski definition) is 3. The number of fused-ring (bicyclic) bond motifs is 1. The number of para-hydroxylation sites is 2. The van der Waals surface area contributed by atoms with Crippen LogP contribution >= 0.6 is 0 Å². The Morgan fingerprint density at radius 2 is 1.76 bits per heavy atom. The normalized spacial score (nSPS) is 11.0. The number of aromatic nitrogens is 2. The van der Waals surface area contributed by atoms with Crippen molar-refractivity contribution in [2.75, 3.05) is 6.61 Å². The van der Waals surface area contributed by atoms with Crippen molar-refractivity contribution in [3.63, 3.8) is 0 Å². The van der Waals surface area contributed by atoms with Crippen LogP contribution < -0.4 is 10.1 Å². The highest BCUT2D eigenvalue weighted by Crippen LogP contribution is 2.21. The number of carbonyl (C=O) groups is 1. The molecule has 0 aliphatic heterocycles. The van der Waals surface area contributed by atoms with Crippen molar-refractivity contribution < 1.29 is 9.53 Å². The van der Waals surface area contributed by atoms with Gasteiger partial charge in [-0.1, -0.05) is 54.6 Å². The first kappa shape index (κ1) is 22.6. The molecule has 0 radical (unpaired) electrons. The molecule has 0 atom stereocenters. The van der Waals surface area contributed by atoms with Gasteiger partial charge in [-0.3, -0.25) is 4.79 Å². The fourth-order valence-corrected chi connectivity index (χ4v) is 3.96. The zero-order valence-electron chi connectivity index (χ0n) is 19.4. The zero-order valence-corrected chi connectivity index (χ0v) is 19.4. The first-order chi connectivity index (χ1) is 16.1. The molecule has 0 spiro atoms. The van der Waals surface area contributed by atoms with Crippen molar-refractivity contribution in [3.05, 3.63) is 95.3 Å². The fraction of sp³-hybridized carbons (Fsp3) is 0.286. The van der Waals surface area contributed by atoms with Crippen LogP contribution in [0.25, 0.3) is 11.0 Å². The number of imidazole rings is 1. The minimum Gasteiger partial charge on any atom is -0.493 e. The number of amides is 1. The van der Waals surface area contributed by atoms with Crippen LogP contribution in [0.3, 0.4) is 0 Å². The SMILES string of the molecule is Cc1cccc(OCCCn2c(CNC(=O)CCc3ccccc3)nc3ccccc32)c1C. The molecular formula is C28H31N3O2. The summed E-state index contributed by atoms with van der Waals surface area (Å²) in [5.74, 6) is 1.85. The molecule has 1 amide bonds. The molecule has 5 nitrogen and oxygen atoms in total. The number of benzene rings is 3. The summed E-state index contributed by atoms with van der Waals surface area (Å²) in [6.45, 7) is 6.01. The molecule has 5 heteroatoms. The van der Waals surface area contributed by atoms with E-state index in [2.05, 4.69) is 35.9 Å². The Balaban J connectivity index is 1.36. The monoisotopic (exact) mass is 441 g/mol. The molecule has 0 unspecified atom stereocenters. The van der Waals surface area contributed by atoms with E-state index in [1.54, 1.807) is 0 Å². The number of nitrogens with zero attached hydrogens (tertiary/aromatic N) is 2. The van der Waals surface area contributed by atoms with Gasteiger partial charge in [0, 0.05) is 13.0 Å². The number of hydrogen-bond donors (Lipinski definition) is 1. The third-order valence-corrected chi connectivity index (χ3v) is 6.00. The van der Waals surface area contributed by atoms with Gasteiger partial charge in [0.25, 0.3) is 0 Å². The number of ether oxygens (including phenoxy) is 1. The van der Waals surface area contributed by atoms with Gasteiger partial charge in [0.1, 0.15) is 11.6 Å². The highest BCUT2D eigenvalue weighted by atomic mass is 16.5. The van der Waals surface area contributed by atoms with Gasteiger partial charge in [-0.05, 0) is 61.6 Å². The summed E-state index contributed by atoms with van der Waals surface area (Å²) in [6.07, 6.45) is 2.05. The molecular weight excluding hydrogens is 410 g/mol. The molecule has 0 fully saturated rings. The molecule has 0 saturated carbocycles. The maximum atomic E-state index is 12.4. The van der Waals surface area contributed by atoms with Crippen molar-refractivity contribution in [2.24, 2.45) is 0 Å². The van der Waals surface area contributed by atoms with Gasteiger partial charge in [0.15, 0.2) is 0 Å². The summed E-state index contributed by atoms with van der Waals surface area (Å²) >= 11 is 0. The first-order valence-electron chi connectivity index (χ1n) is 11.6. The second-order valence-corrected chi connectivity index (χ2v) is 8.33. The fourth-order valence-electron chi connectivity index (χ4n) is 3.96. The smallest absolute Gasteiger partial charge is 0.220 e. The minimum absolute atomic E-state index is 0.0377. The number of carbonyl (C=O) groups excluding carboxylic acids is 1. The van der Waals surface area contributed by atoms with E-state index in [4.69, 9.17) is 9.72 Å². The predicted octanol–water partition coefficient (Wildman–Crippen LogP) is 5.37. The van der Waals surface area contributed by atoms with Crippen molar-refractivity contribution >= 4 is 16.9 Å². The number of rotatable bonds is 10. The molecule has 1 heterocycles. The third-order valence-electron chi connectivity index (χ3n) is 6.00. The van der Waals surface area contributed by atoms with Gasteiger partial charge < -0.3 is 14.6 Å². The Kier molecular flexibility index (Phi) is 7.40. The predicted molar refractivity (Wildman–Crippen MR) is 132 cm³/mol. The van der Waals surface area contributed by atoms with E-state index < -0.39 is 0 Å². The lowest BCUT2D eigenvalue weighted by molar-refractivity contribution is -0.121. The first-order valence-corrected chi connectivity index (χ1v) is 11.6. The van der Waals surface area contributed by atoms with Crippen LogP contribution in [-0.4, -0.2) is 22.1 Å². The van der Waals surface area contributed by atoms with Gasteiger partial charge >= 0.3 is 0 Å². The molecule has 170 valence electrons. The Bertz CT molecular complexity index is 1210. The van der Waals surface area contributed by atoms with Crippen LogP contribution in [-0.2, 0) is 24.3 Å². The molecule has 0 saturated heterocycles. The van der Waals surface area contributed by atoms with Crippen LogP contribution in [0.1, 0.15) is 35.4 Å². The van der Waals surface area contributed by atoms with Gasteiger partial charge in [-0.25, -0.2) is 4.98 Å². The largest absolute Gasteiger partial charge is 0.493 e. The Morgan fingerprint density at radius 3 is 2.61 bits per heavy atom. The average Bonchev–Trinajstić information content (AvgIpc) is 3.19. The number of nitrogens with one attached hydrogen (secondary N) is 1. The van der Waals surface area contributed by atoms with E-state index >= 15 is 0 Å². The van der Waals surface area contributed by atoms with Gasteiger partial charge in [0.05, 0.1) is 24.2 Å². The molecule has 1 aromatic heterocycles. The standard InChI is InChI=1S/C28H31N3O2/c1-21-10-8-15-26(22(21)2)33-19-9-18-31-25-14-7-6-13-24(25)30-27(31)20-29-28(32)17-16-23-11-4-3-5-12-23/h3-8,10-15H,9,16-20H2,1-2H3,(H,29,32). The van der Waals surface area contributed by atoms with E-state index in [-0.39, 0.29) is 5.91 Å². The second kappa shape index (κ2) is 10.8. The summed E-state index contributed by atoms with van der Waals surface area (Å²) in [6, 6.07) is 24.3. The quantitative estimate of drug-likeness (QED) is 0.337. The topological polar surface area (TPSA) is 56.1 Å². The average molecular weight is 442 g/mol. The van der Waals surface area contributed by atoms with E-state index in [1.807, 2.05) is 60.7 Å². The lowest BCUT2D eigenvalue weighted by Gasteiger charge is -2.13. The molecule has 3 aromatic carbocycles. The van der Waals surface area contributed by atoms with Crippen LogP contribution in [0.15, 0.2) is 72.8 Å². The molecule has 0 aliphatic rings. The molecule has 0 bridgehead atoms. The molecule has 4 aromatic rings. The van der Waals surface area contributed by atoms with E-state index in [9.17, 15) is 4.79 Å². The van der Waals surface area contributed by atoms with E-state index in [0.29, 0.717) is 19.6 Å². The Hall–Kier alpha value is -3.60. The van der Waals surface area contributed by atoms with Crippen LogP contribution in [0.4, 0.5) is 0 Å². The maximum absolute atomic E-state index is 12.4. The molecule has 0 aliphatic carbocycles. The van der Waals surface area contributed by atoms with Crippen molar-refractivity contribution in [1.29, 1.82) is 0 Å². The summed E-state index contributed by atoms with van der Waals surface area (Å²) in [5.41, 5.74) is 5.62. The Morgan fingerprint density at radius 1 is 0.970 bits per heavy atom. The lowest BCUT2D eigenvalue weighted by atomic mass is 10.1. The van der Waals surface area contributed by atoms with Crippen LogP contribution in [0.2, 0.25) is 0 Å². The summed E-state index contributed by atoms with van der Waals surface area (Å²) in [7, 11) is 0. The van der Waals surface area contributed by atoms with Gasteiger partial charge in [0.2, 0.25) is 5.91 Å². The van der Waals surface area contributed by atoms with Crippen molar-refractivity contribution in [3.8, 4) is 5.75 Å². The third kappa shape index (κ3) is 5.80. The maximum Gasteiger partial charge on any atom is 0.220 e. The van der Waals surface area contributed by atoms with Crippen LogP contribution in [0.5, 0.6) is 5.75 Å². The summed E-state index contributed by atoms with van der Waals surface area (Å²) in [4.78, 5) is 17.2. The van der Waals surface area contributed by atoms with E-state index in [1.165, 1.54) is 16.7 Å². The number of aryl methyl sites for hydroxylation is 3. The minimum atomic E-state index is 0.0377. The summed E-state index contributed by atoms with van der Waals surface area (Å²) in [5, 5.41) is 3.05. The molecule has 33 heavy (non-hydrogen) atoms. The zero-order chi connectivity index (χ0) is 23.0. The lowest BCUT2D eigenvalue weighted by Crippen LogP contribution is -2.25.